The van der Waals surface area contributed by atoms with Gasteiger partial charge < -0.3 is 5.32 Å². The van der Waals surface area contributed by atoms with Gasteiger partial charge in [0, 0.05) is 17.6 Å². The van der Waals surface area contributed by atoms with Gasteiger partial charge in [0.05, 0.1) is 4.90 Å². The van der Waals surface area contributed by atoms with Crippen LogP contribution in [0.25, 0.3) is 0 Å². The van der Waals surface area contributed by atoms with Gasteiger partial charge in [-0.2, -0.15) is 0 Å². The van der Waals surface area contributed by atoms with Crippen LogP contribution in [0, 0.1) is 6.92 Å². The van der Waals surface area contributed by atoms with E-state index in [2.05, 4.69) is 46.4 Å². The molecule has 0 amide bonds. The number of hydrogen-bond acceptors (Lipinski definition) is 3. The van der Waals surface area contributed by atoms with Crippen LogP contribution in [0.4, 0.5) is 0 Å². The van der Waals surface area contributed by atoms with Gasteiger partial charge in [-0.1, -0.05) is 40.2 Å². The fraction of sp³-hybridized carbons (Fsp3) is 0.200. The van der Waals surface area contributed by atoms with E-state index in [-0.39, 0.29) is 4.90 Å². The maximum Gasteiger partial charge on any atom is 0.238 e. The van der Waals surface area contributed by atoms with Gasteiger partial charge in [0.2, 0.25) is 10.0 Å². The second kappa shape index (κ2) is 6.70. The summed E-state index contributed by atoms with van der Waals surface area (Å²) in [5, 5.41) is 8.39. The molecule has 112 valence electrons. The van der Waals surface area contributed by atoms with E-state index in [1.807, 2.05) is 0 Å². The lowest BCUT2D eigenvalue weighted by Crippen LogP contribution is -2.14. The van der Waals surface area contributed by atoms with Crippen molar-refractivity contribution in [1.82, 2.24) is 5.32 Å². The molecule has 0 saturated heterocycles. The van der Waals surface area contributed by atoms with Gasteiger partial charge in [-0.3, -0.25) is 0 Å². The van der Waals surface area contributed by atoms with E-state index in [9.17, 15) is 8.42 Å². The van der Waals surface area contributed by atoms with Crippen LogP contribution in [-0.4, -0.2) is 8.42 Å². The first-order chi connectivity index (χ1) is 9.86. The number of sulfonamides is 1. The second-order valence-electron chi connectivity index (χ2n) is 4.89. The summed E-state index contributed by atoms with van der Waals surface area (Å²) in [5.74, 6) is 0. The molecule has 0 saturated carbocycles. The lowest BCUT2D eigenvalue weighted by Gasteiger charge is -2.08. The summed E-state index contributed by atoms with van der Waals surface area (Å²) < 4.78 is 23.4. The molecule has 4 nitrogen and oxygen atoms in total. The molecule has 6 heteroatoms. The van der Waals surface area contributed by atoms with Crippen LogP contribution in [0.1, 0.15) is 16.7 Å². The van der Waals surface area contributed by atoms with Crippen LogP contribution in [0.5, 0.6) is 0 Å². The Labute approximate surface area is 133 Å². The predicted molar refractivity (Wildman–Crippen MR) is 87.2 cm³/mol. The monoisotopic (exact) mass is 368 g/mol. The molecule has 0 aliphatic rings. The summed E-state index contributed by atoms with van der Waals surface area (Å²) in [6.45, 7) is 3.44. The van der Waals surface area contributed by atoms with Crippen molar-refractivity contribution in [3.8, 4) is 0 Å². The Bertz CT molecular complexity index is 728. The highest BCUT2D eigenvalue weighted by atomic mass is 79.9. The van der Waals surface area contributed by atoms with Gasteiger partial charge in [0.15, 0.2) is 0 Å². The van der Waals surface area contributed by atoms with Gasteiger partial charge >= 0.3 is 0 Å². The van der Waals surface area contributed by atoms with E-state index >= 15 is 0 Å². The standard InChI is InChI=1S/C15H17BrN2O2S/c1-11-2-5-13(15(16)8-11)10-18-9-12-3-6-14(7-4-12)21(17,19)20/h2-8,18H,9-10H2,1H3,(H2,17,19,20). The Balaban J connectivity index is 1.94. The highest BCUT2D eigenvalue weighted by Crippen LogP contribution is 2.18. The second-order valence-corrected chi connectivity index (χ2v) is 7.30. The maximum absolute atomic E-state index is 11.2. The molecule has 2 aromatic carbocycles. The number of aryl methyl sites for hydroxylation is 1. The third-order valence-electron chi connectivity index (χ3n) is 3.11. The molecule has 2 aromatic rings. The SMILES string of the molecule is Cc1ccc(CNCc2ccc(S(N)(=O)=O)cc2)c(Br)c1. The first kappa shape index (κ1) is 16.2. The summed E-state index contributed by atoms with van der Waals surface area (Å²) in [4.78, 5) is 0.132. The largest absolute Gasteiger partial charge is 0.309 e. The van der Waals surface area contributed by atoms with Crippen molar-refractivity contribution in [3.63, 3.8) is 0 Å². The lowest BCUT2D eigenvalue weighted by molar-refractivity contribution is 0.597. The number of nitrogens with one attached hydrogen (secondary N) is 1. The van der Waals surface area contributed by atoms with Gasteiger partial charge in [-0.15, -0.1) is 0 Å². The summed E-state index contributed by atoms with van der Waals surface area (Å²) in [6.07, 6.45) is 0. The van der Waals surface area contributed by atoms with Gasteiger partial charge in [0.25, 0.3) is 0 Å². The van der Waals surface area contributed by atoms with Crippen molar-refractivity contribution in [1.29, 1.82) is 0 Å². The first-order valence-corrected chi connectivity index (χ1v) is 8.78. The smallest absolute Gasteiger partial charge is 0.238 e. The molecule has 2 rings (SSSR count). The predicted octanol–water partition coefficient (Wildman–Crippen LogP) is 2.69. The number of rotatable bonds is 5. The van der Waals surface area contributed by atoms with E-state index in [1.165, 1.54) is 23.3 Å². The molecular weight excluding hydrogens is 352 g/mol. The number of nitrogens with two attached hydrogens (primary N) is 1. The highest BCUT2D eigenvalue weighted by Gasteiger charge is 2.06. The van der Waals surface area contributed by atoms with Crippen LogP contribution in [0.3, 0.4) is 0 Å². The molecule has 0 unspecified atom stereocenters. The summed E-state index contributed by atoms with van der Waals surface area (Å²) >= 11 is 3.54. The quantitative estimate of drug-likeness (QED) is 0.851. The molecule has 0 aliphatic carbocycles. The van der Waals surface area contributed by atoms with Gasteiger partial charge in [-0.05, 0) is 41.8 Å². The summed E-state index contributed by atoms with van der Waals surface area (Å²) in [7, 11) is -3.62. The highest BCUT2D eigenvalue weighted by molar-refractivity contribution is 9.10. The normalized spacial score (nSPS) is 11.6. The Morgan fingerprint density at radius 2 is 1.76 bits per heavy atom. The number of halogens is 1. The van der Waals surface area contributed by atoms with Crippen molar-refractivity contribution >= 4 is 26.0 Å². The average molecular weight is 369 g/mol. The van der Waals surface area contributed by atoms with Crippen LogP contribution >= 0.6 is 15.9 Å². The molecule has 0 atom stereocenters. The molecule has 0 fully saturated rings. The summed E-state index contributed by atoms with van der Waals surface area (Å²) in [6, 6.07) is 12.8. The minimum atomic E-state index is -3.62. The molecule has 3 N–H and O–H groups in total. The van der Waals surface area contributed by atoms with Crippen molar-refractivity contribution in [2.24, 2.45) is 5.14 Å². The molecule has 0 radical (unpaired) electrons. The molecule has 21 heavy (non-hydrogen) atoms. The van der Waals surface area contributed by atoms with Crippen LogP contribution < -0.4 is 10.5 Å². The lowest BCUT2D eigenvalue weighted by atomic mass is 10.1. The molecule has 0 aromatic heterocycles. The number of primary sulfonamides is 1. The molecule has 0 bridgehead atoms. The summed E-state index contributed by atoms with van der Waals surface area (Å²) in [5.41, 5.74) is 3.40. The number of hydrogen-bond donors (Lipinski definition) is 2. The molecule has 0 aliphatic heterocycles. The van der Waals surface area contributed by atoms with Gasteiger partial charge in [-0.25, -0.2) is 13.6 Å². The van der Waals surface area contributed by atoms with E-state index in [1.54, 1.807) is 12.1 Å². The zero-order chi connectivity index (χ0) is 15.5. The van der Waals surface area contributed by atoms with E-state index in [0.717, 1.165) is 16.6 Å². The van der Waals surface area contributed by atoms with Crippen LogP contribution in [0.15, 0.2) is 51.8 Å². The zero-order valence-corrected chi connectivity index (χ0v) is 14.0. The molecule has 0 heterocycles. The minimum absolute atomic E-state index is 0.132. The Morgan fingerprint density at radius 1 is 1.10 bits per heavy atom. The number of benzene rings is 2. The fourth-order valence-electron chi connectivity index (χ4n) is 1.93. The molecular formula is C15H17BrN2O2S. The van der Waals surface area contributed by atoms with E-state index < -0.39 is 10.0 Å². The van der Waals surface area contributed by atoms with Crippen molar-refractivity contribution < 1.29 is 8.42 Å². The third-order valence-corrected chi connectivity index (χ3v) is 4.77. The van der Waals surface area contributed by atoms with Crippen LogP contribution in [0.2, 0.25) is 0 Å². The van der Waals surface area contributed by atoms with Crippen molar-refractivity contribution in [2.45, 2.75) is 24.9 Å². The van der Waals surface area contributed by atoms with E-state index in [0.29, 0.717) is 6.54 Å². The minimum Gasteiger partial charge on any atom is -0.309 e. The van der Waals surface area contributed by atoms with E-state index in [4.69, 9.17) is 5.14 Å². The maximum atomic E-state index is 11.2. The van der Waals surface area contributed by atoms with Gasteiger partial charge in [0.1, 0.15) is 0 Å². The Morgan fingerprint density at radius 3 is 2.33 bits per heavy atom. The average Bonchev–Trinajstić information content (AvgIpc) is 2.41. The topological polar surface area (TPSA) is 72.2 Å². The Hall–Kier alpha value is -1.21. The van der Waals surface area contributed by atoms with Crippen LogP contribution in [-0.2, 0) is 23.1 Å². The van der Waals surface area contributed by atoms with Crippen molar-refractivity contribution in [2.75, 3.05) is 0 Å². The molecule has 0 spiro atoms. The first-order valence-electron chi connectivity index (χ1n) is 6.44. The Kier molecular flexibility index (Phi) is 5.16. The third kappa shape index (κ3) is 4.64. The zero-order valence-electron chi connectivity index (χ0n) is 11.6. The van der Waals surface area contributed by atoms with Crippen molar-refractivity contribution in [3.05, 3.63) is 63.6 Å². The fourth-order valence-corrected chi connectivity index (χ4v) is 3.08.